The van der Waals surface area contributed by atoms with Crippen LogP contribution in [0.15, 0.2) is 29.6 Å². The zero-order valence-corrected chi connectivity index (χ0v) is 16.6. The number of hydrogen-bond acceptors (Lipinski definition) is 7. The molecule has 0 N–H and O–H groups in total. The van der Waals surface area contributed by atoms with Crippen molar-refractivity contribution in [2.24, 2.45) is 17.8 Å². The van der Waals surface area contributed by atoms with Crippen molar-refractivity contribution >= 4 is 23.1 Å². The largest absolute Gasteiger partial charge is 0.459 e. The lowest BCUT2D eigenvalue weighted by Gasteiger charge is -2.16. The summed E-state index contributed by atoms with van der Waals surface area (Å²) < 4.78 is 5.28. The Bertz CT molecular complexity index is 877. The molecule has 1 aliphatic rings. The molecule has 2 aromatic rings. The summed E-state index contributed by atoms with van der Waals surface area (Å²) in [7, 11) is 0. The molecule has 0 amide bonds. The lowest BCUT2D eigenvalue weighted by molar-refractivity contribution is -0.490. The van der Waals surface area contributed by atoms with Gasteiger partial charge in [-0.15, -0.1) is 11.3 Å². The Balaban J connectivity index is 1.56. The van der Waals surface area contributed by atoms with Crippen molar-refractivity contribution in [1.82, 2.24) is 4.98 Å². The van der Waals surface area contributed by atoms with Crippen LogP contribution in [0.2, 0.25) is 0 Å². The van der Waals surface area contributed by atoms with Crippen LogP contribution in [0, 0.1) is 34.8 Å². The van der Waals surface area contributed by atoms with Crippen LogP contribution in [-0.4, -0.2) is 28.2 Å². The van der Waals surface area contributed by atoms with E-state index in [-0.39, 0.29) is 37.7 Å². The second-order valence-electron chi connectivity index (χ2n) is 7.31. The van der Waals surface area contributed by atoms with Crippen LogP contribution in [0.5, 0.6) is 0 Å². The van der Waals surface area contributed by atoms with Crippen LogP contribution in [0.3, 0.4) is 0 Å². The summed E-state index contributed by atoms with van der Waals surface area (Å²) in [5, 5.41) is 13.5. The minimum atomic E-state index is -0.633. The first-order chi connectivity index (χ1) is 13.3. The summed E-state index contributed by atoms with van der Waals surface area (Å²) in [4.78, 5) is 39.3. The summed E-state index contributed by atoms with van der Waals surface area (Å²) >= 11 is 1.47. The van der Waals surface area contributed by atoms with E-state index in [1.165, 1.54) is 16.9 Å². The quantitative estimate of drug-likeness (QED) is 0.398. The predicted octanol–water partition coefficient (Wildman–Crippen LogP) is 3.67. The SMILES string of the molecule is Cc1ccc(-c2nc(COC(=O)C[C@@H]3C(=O)C[C@@H](C)[C@H]3C[N+](=O)[O-])cs2)cc1. The van der Waals surface area contributed by atoms with E-state index >= 15 is 0 Å². The molecule has 7 nitrogen and oxygen atoms in total. The third-order valence-corrected chi connectivity index (χ3v) is 6.10. The highest BCUT2D eigenvalue weighted by Crippen LogP contribution is 2.36. The van der Waals surface area contributed by atoms with Gasteiger partial charge in [0.05, 0.1) is 12.1 Å². The molecule has 0 saturated heterocycles. The number of nitro groups is 1. The first-order valence-electron chi connectivity index (χ1n) is 9.15. The Kier molecular flexibility index (Phi) is 6.18. The number of ketones is 1. The molecule has 0 bridgehead atoms. The Morgan fingerprint density at radius 1 is 1.36 bits per heavy atom. The van der Waals surface area contributed by atoms with E-state index in [4.69, 9.17) is 4.74 Å². The number of ether oxygens (including phenoxy) is 1. The number of hydrogen-bond donors (Lipinski definition) is 0. The number of aryl methyl sites for hydroxylation is 1. The van der Waals surface area contributed by atoms with Gasteiger partial charge in [0, 0.05) is 34.1 Å². The molecule has 1 aromatic carbocycles. The van der Waals surface area contributed by atoms with Crippen LogP contribution < -0.4 is 0 Å². The van der Waals surface area contributed by atoms with E-state index in [0.717, 1.165) is 10.6 Å². The fraction of sp³-hybridized carbons (Fsp3) is 0.450. The second-order valence-corrected chi connectivity index (χ2v) is 8.17. The number of rotatable bonds is 7. The molecule has 1 fully saturated rings. The van der Waals surface area contributed by atoms with Gasteiger partial charge in [-0.05, 0) is 12.8 Å². The number of carbonyl (C=O) groups is 2. The number of Topliss-reactive ketones (excluding diaryl/α,β-unsaturated/α-hetero) is 1. The first-order valence-corrected chi connectivity index (χ1v) is 10.0. The molecule has 0 spiro atoms. The number of thiazole rings is 1. The molecule has 28 heavy (non-hydrogen) atoms. The van der Waals surface area contributed by atoms with Crippen molar-refractivity contribution in [2.75, 3.05) is 6.54 Å². The van der Waals surface area contributed by atoms with Crippen molar-refractivity contribution in [3.63, 3.8) is 0 Å². The summed E-state index contributed by atoms with van der Waals surface area (Å²) in [6.07, 6.45) is 0.166. The van der Waals surface area contributed by atoms with Gasteiger partial charge in [-0.3, -0.25) is 19.7 Å². The number of esters is 1. The van der Waals surface area contributed by atoms with Gasteiger partial charge in [0.1, 0.15) is 17.4 Å². The molecule has 1 aromatic heterocycles. The average Bonchev–Trinajstić information content (AvgIpc) is 3.20. The normalized spacial score (nSPS) is 21.6. The summed E-state index contributed by atoms with van der Waals surface area (Å²) in [6.45, 7) is 3.57. The van der Waals surface area contributed by atoms with Gasteiger partial charge < -0.3 is 4.74 Å². The van der Waals surface area contributed by atoms with Crippen LogP contribution >= 0.6 is 11.3 Å². The Morgan fingerprint density at radius 2 is 2.07 bits per heavy atom. The second kappa shape index (κ2) is 8.60. The maximum Gasteiger partial charge on any atom is 0.306 e. The molecule has 0 radical (unpaired) electrons. The highest BCUT2D eigenvalue weighted by Gasteiger charge is 2.44. The number of aromatic nitrogens is 1. The van der Waals surface area contributed by atoms with Gasteiger partial charge in [0.15, 0.2) is 0 Å². The standard InChI is InChI=1S/C20H22N2O5S/c1-12-3-5-14(6-4-12)20-21-15(11-28-20)10-27-19(24)8-16-17(9-22(25)26)13(2)7-18(16)23/h3-6,11,13,16-17H,7-10H2,1-2H3/t13-,16+,17-/m1/s1. The van der Waals surface area contributed by atoms with Gasteiger partial charge in [-0.1, -0.05) is 36.8 Å². The van der Waals surface area contributed by atoms with Crippen molar-refractivity contribution < 1.29 is 19.2 Å². The van der Waals surface area contributed by atoms with Crippen LogP contribution in [0.25, 0.3) is 10.6 Å². The molecule has 0 aliphatic heterocycles. The minimum absolute atomic E-state index is 0.0254. The van der Waals surface area contributed by atoms with E-state index < -0.39 is 22.7 Å². The van der Waals surface area contributed by atoms with Crippen molar-refractivity contribution in [3.05, 3.63) is 51.0 Å². The fourth-order valence-corrected chi connectivity index (χ4v) is 4.41. The highest BCUT2D eigenvalue weighted by molar-refractivity contribution is 7.13. The lowest BCUT2D eigenvalue weighted by Crippen LogP contribution is -2.27. The minimum Gasteiger partial charge on any atom is -0.459 e. The number of carbonyl (C=O) groups excluding carboxylic acids is 2. The van der Waals surface area contributed by atoms with Crippen LogP contribution in [-0.2, 0) is 20.9 Å². The third kappa shape index (κ3) is 4.81. The van der Waals surface area contributed by atoms with E-state index in [1.807, 2.05) is 43.5 Å². The molecule has 8 heteroatoms. The fourth-order valence-electron chi connectivity index (χ4n) is 3.59. The van der Waals surface area contributed by atoms with Crippen molar-refractivity contribution in [2.45, 2.75) is 33.3 Å². The van der Waals surface area contributed by atoms with E-state index in [1.54, 1.807) is 0 Å². The topological polar surface area (TPSA) is 99.4 Å². The van der Waals surface area contributed by atoms with Gasteiger partial charge in [-0.25, -0.2) is 4.98 Å². The molecule has 3 atom stereocenters. The Labute approximate surface area is 166 Å². The molecule has 1 aliphatic carbocycles. The Hall–Kier alpha value is -2.61. The monoisotopic (exact) mass is 402 g/mol. The summed E-state index contributed by atoms with van der Waals surface area (Å²) in [5.74, 6) is -1.75. The predicted molar refractivity (Wildman–Crippen MR) is 104 cm³/mol. The van der Waals surface area contributed by atoms with Crippen molar-refractivity contribution in [3.8, 4) is 10.6 Å². The summed E-state index contributed by atoms with van der Waals surface area (Å²) in [6, 6.07) is 8.01. The molecular formula is C20H22N2O5S. The number of nitrogens with zero attached hydrogens (tertiary/aromatic N) is 2. The number of benzene rings is 1. The van der Waals surface area contributed by atoms with E-state index in [9.17, 15) is 19.7 Å². The molecule has 1 heterocycles. The molecular weight excluding hydrogens is 380 g/mol. The van der Waals surface area contributed by atoms with Gasteiger partial charge in [0.25, 0.3) is 0 Å². The highest BCUT2D eigenvalue weighted by atomic mass is 32.1. The lowest BCUT2D eigenvalue weighted by atomic mass is 9.88. The first kappa shape index (κ1) is 20.1. The van der Waals surface area contributed by atoms with Crippen molar-refractivity contribution in [1.29, 1.82) is 0 Å². The van der Waals surface area contributed by atoms with Gasteiger partial charge in [-0.2, -0.15) is 0 Å². The van der Waals surface area contributed by atoms with E-state index in [2.05, 4.69) is 4.98 Å². The molecule has 1 saturated carbocycles. The Morgan fingerprint density at radius 3 is 2.75 bits per heavy atom. The molecule has 3 rings (SSSR count). The van der Waals surface area contributed by atoms with Gasteiger partial charge in [0.2, 0.25) is 6.54 Å². The zero-order valence-electron chi connectivity index (χ0n) is 15.8. The van der Waals surface area contributed by atoms with Gasteiger partial charge >= 0.3 is 5.97 Å². The molecule has 148 valence electrons. The van der Waals surface area contributed by atoms with Crippen LogP contribution in [0.1, 0.15) is 31.0 Å². The maximum atomic E-state index is 12.2. The van der Waals surface area contributed by atoms with Crippen LogP contribution in [0.4, 0.5) is 0 Å². The molecule has 0 unspecified atom stereocenters. The average molecular weight is 402 g/mol. The maximum absolute atomic E-state index is 12.2. The van der Waals surface area contributed by atoms with E-state index in [0.29, 0.717) is 5.69 Å². The smallest absolute Gasteiger partial charge is 0.306 e. The summed E-state index contributed by atoms with van der Waals surface area (Å²) in [5.41, 5.74) is 2.81. The zero-order chi connectivity index (χ0) is 20.3. The third-order valence-electron chi connectivity index (χ3n) is 5.16.